The average molecular weight is 579 g/mol. The van der Waals surface area contributed by atoms with Gasteiger partial charge in [-0.15, -0.1) is 0 Å². The Kier molecular flexibility index (Phi) is 13.8. The molecular weight excluding hydrogens is 536 g/mol. The molecule has 0 aliphatic heterocycles. The molecule has 0 bridgehead atoms. The minimum atomic E-state index is -3.49. The number of benzene rings is 3. The Balaban J connectivity index is 1.72. The summed E-state index contributed by atoms with van der Waals surface area (Å²) in [5.41, 5.74) is 2.13. The molecule has 0 amide bonds. The number of carbonyl (C=O) groups excluding carboxylic acids is 1. The Morgan fingerprint density at radius 1 is 0.854 bits per heavy atom. The van der Waals surface area contributed by atoms with Crippen LogP contribution < -0.4 is 0 Å². The van der Waals surface area contributed by atoms with E-state index >= 15 is 0 Å². The molecule has 3 atom stereocenters. The largest absolute Gasteiger partial charge is 0.463 e. The molecule has 3 rings (SSSR count). The number of ether oxygens (including phenoxy) is 3. The van der Waals surface area contributed by atoms with Crippen molar-refractivity contribution >= 4 is 15.8 Å². The predicted octanol–water partition coefficient (Wildman–Crippen LogP) is 6.80. The first kappa shape index (κ1) is 32.3. The van der Waals surface area contributed by atoms with Gasteiger partial charge in [-0.3, -0.25) is 0 Å². The van der Waals surface area contributed by atoms with Crippen molar-refractivity contribution in [1.29, 1.82) is 0 Å². The predicted molar refractivity (Wildman–Crippen MR) is 162 cm³/mol. The quantitative estimate of drug-likeness (QED) is 0.0938. The lowest BCUT2D eigenvalue weighted by Gasteiger charge is -2.28. The molecule has 3 aromatic carbocycles. The third kappa shape index (κ3) is 12.0. The lowest BCUT2D eigenvalue weighted by molar-refractivity contribution is -0.137. The summed E-state index contributed by atoms with van der Waals surface area (Å²) in [6.45, 7) is 5.48. The average Bonchev–Trinajstić information content (AvgIpc) is 2.98. The first-order valence-electron chi connectivity index (χ1n) is 14.3. The smallest absolute Gasteiger partial charge is 0.330 e. The number of rotatable bonds is 18. The number of carbonyl (C=O) groups is 1. The fraction of sp³-hybridized carbons (Fsp3) is 0.382. The Hall–Kier alpha value is -3.26. The van der Waals surface area contributed by atoms with Crippen molar-refractivity contribution in [2.24, 2.45) is 11.8 Å². The molecule has 7 heteroatoms. The second-order valence-electron chi connectivity index (χ2n) is 10.2. The maximum atomic E-state index is 13.2. The number of sulfone groups is 1. The van der Waals surface area contributed by atoms with Crippen molar-refractivity contribution in [1.82, 2.24) is 0 Å². The van der Waals surface area contributed by atoms with Gasteiger partial charge in [-0.05, 0) is 61.3 Å². The number of allylic oxidation sites excluding steroid dienone is 1. The SMILES string of the molecule is CCOC(=O)/C=C/C[C@@H](CCOCc1ccccc1)C[C@@H](OCc1ccccc1)[C@H](C)CS(=O)(=O)c1ccccc1. The molecule has 6 nitrogen and oxygen atoms in total. The van der Waals surface area contributed by atoms with Crippen molar-refractivity contribution in [3.8, 4) is 0 Å². The normalized spacial score (nSPS) is 14.0. The molecular formula is C34H42O6S. The molecule has 0 saturated heterocycles. The highest BCUT2D eigenvalue weighted by atomic mass is 32.2. The maximum absolute atomic E-state index is 13.2. The van der Waals surface area contributed by atoms with Crippen LogP contribution in [0, 0.1) is 11.8 Å². The molecule has 0 fully saturated rings. The monoisotopic (exact) mass is 578 g/mol. The van der Waals surface area contributed by atoms with Gasteiger partial charge in [0, 0.05) is 12.7 Å². The summed E-state index contributed by atoms with van der Waals surface area (Å²) >= 11 is 0. The van der Waals surface area contributed by atoms with Gasteiger partial charge in [-0.1, -0.05) is 91.9 Å². The summed E-state index contributed by atoms with van der Waals surface area (Å²) in [5.74, 6) is -0.539. The topological polar surface area (TPSA) is 78.9 Å². The van der Waals surface area contributed by atoms with E-state index in [2.05, 4.69) is 0 Å². The highest BCUT2D eigenvalue weighted by Crippen LogP contribution is 2.27. The molecule has 0 aromatic heterocycles. The molecule has 41 heavy (non-hydrogen) atoms. The Labute approximate surface area is 245 Å². The fourth-order valence-electron chi connectivity index (χ4n) is 4.64. The van der Waals surface area contributed by atoms with Crippen molar-refractivity contribution in [3.05, 3.63) is 114 Å². The van der Waals surface area contributed by atoms with Crippen LogP contribution in [0.5, 0.6) is 0 Å². The highest BCUT2D eigenvalue weighted by molar-refractivity contribution is 7.91. The van der Waals surface area contributed by atoms with Gasteiger partial charge in [-0.25, -0.2) is 13.2 Å². The first-order chi connectivity index (χ1) is 19.9. The molecule has 3 aromatic rings. The lowest BCUT2D eigenvalue weighted by atomic mass is 9.90. The summed E-state index contributed by atoms with van der Waals surface area (Å²) in [7, 11) is -3.49. The second-order valence-corrected chi connectivity index (χ2v) is 12.3. The Bertz CT molecular complexity index is 1280. The lowest BCUT2D eigenvalue weighted by Crippen LogP contribution is -2.30. The van der Waals surface area contributed by atoms with Crippen molar-refractivity contribution in [2.75, 3.05) is 19.0 Å². The van der Waals surface area contributed by atoms with E-state index in [9.17, 15) is 13.2 Å². The molecule has 0 N–H and O–H groups in total. The second kappa shape index (κ2) is 17.5. The van der Waals surface area contributed by atoms with Gasteiger partial charge in [0.25, 0.3) is 0 Å². The number of hydrogen-bond acceptors (Lipinski definition) is 6. The van der Waals surface area contributed by atoms with Crippen LogP contribution in [0.4, 0.5) is 0 Å². The summed E-state index contributed by atoms with van der Waals surface area (Å²) in [5, 5.41) is 0. The molecule has 0 radical (unpaired) electrons. The van der Waals surface area contributed by atoms with E-state index in [1.165, 1.54) is 6.08 Å². The van der Waals surface area contributed by atoms with Crippen LogP contribution in [0.3, 0.4) is 0 Å². The molecule has 0 saturated carbocycles. The van der Waals surface area contributed by atoms with E-state index in [0.29, 0.717) is 44.2 Å². The molecule has 0 unspecified atom stereocenters. The van der Waals surface area contributed by atoms with E-state index in [4.69, 9.17) is 14.2 Å². The van der Waals surface area contributed by atoms with Crippen LogP contribution in [-0.2, 0) is 42.1 Å². The van der Waals surface area contributed by atoms with Crippen LogP contribution >= 0.6 is 0 Å². The minimum absolute atomic E-state index is 0.0215. The summed E-state index contributed by atoms with van der Waals surface area (Å²) in [6, 6.07) is 28.4. The summed E-state index contributed by atoms with van der Waals surface area (Å²) in [4.78, 5) is 12.2. The molecule has 0 spiro atoms. The van der Waals surface area contributed by atoms with E-state index in [1.807, 2.05) is 79.7 Å². The Morgan fingerprint density at radius 2 is 1.44 bits per heavy atom. The van der Waals surface area contributed by atoms with Gasteiger partial charge in [0.1, 0.15) is 0 Å². The highest BCUT2D eigenvalue weighted by Gasteiger charge is 2.28. The van der Waals surface area contributed by atoms with Crippen LogP contribution in [0.2, 0.25) is 0 Å². The third-order valence-corrected chi connectivity index (χ3v) is 8.84. The Morgan fingerprint density at radius 3 is 2.05 bits per heavy atom. The molecule has 0 heterocycles. The molecule has 0 aliphatic rings. The van der Waals surface area contributed by atoms with Gasteiger partial charge in [-0.2, -0.15) is 0 Å². The number of hydrogen-bond donors (Lipinski definition) is 0. The zero-order chi connectivity index (χ0) is 29.3. The zero-order valence-corrected chi connectivity index (χ0v) is 24.9. The van der Waals surface area contributed by atoms with Crippen molar-refractivity contribution < 1.29 is 27.4 Å². The van der Waals surface area contributed by atoms with E-state index in [0.717, 1.165) is 17.5 Å². The van der Waals surface area contributed by atoms with Crippen molar-refractivity contribution in [2.45, 2.75) is 57.3 Å². The van der Waals surface area contributed by atoms with Gasteiger partial charge >= 0.3 is 5.97 Å². The van der Waals surface area contributed by atoms with Crippen LogP contribution in [0.1, 0.15) is 44.2 Å². The fourth-order valence-corrected chi connectivity index (χ4v) is 6.31. The van der Waals surface area contributed by atoms with Crippen LogP contribution in [0.15, 0.2) is 108 Å². The van der Waals surface area contributed by atoms with Crippen LogP contribution in [-0.4, -0.2) is 39.5 Å². The standard InChI is InChI=1S/C34H42O6S/c1-3-39-34(35)21-13-18-29(22-23-38-25-30-14-7-4-8-15-30)24-33(40-26-31-16-9-5-10-17-31)28(2)27-41(36,37)32-19-11-6-12-20-32/h4-17,19-21,28-29,33H,3,18,22-27H2,1-2H3/b21-13+/t28-,29+,33-/m1/s1. The molecule has 220 valence electrons. The first-order valence-corrected chi connectivity index (χ1v) is 15.9. The number of esters is 1. The summed E-state index contributed by atoms with van der Waals surface area (Å²) < 4.78 is 43.9. The van der Waals surface area contributed by atoms with E-state index in [-0.39, 0.29) is 29.7 Å². The summed E-state index contributed by atoms with van der Waals surface area (Å²) in [6.07, 6.45) is 4.97. The van der Waals surface area contributed by atoms with Gasteiger partial charge in [0.15, 0.2) is 9.84 Å². The molecule has 0 aliphatic carbocycles. The third-order valence-electron chi connectivity index (χ3n) is 6.88. The van der Waals surface area contributed by atoms with Crippen LogP contribution in [0.25, 0.3) is 0 Å². The van der Waals surface area contributed by atoms with Gasteiger partial charge < -0.3 is 14.2 Å². The van der Waals surface area contributed by atoms with Gasteiger partial charge in [0.2, 0.25) is 0 Å². The van der Waals surface area contributed by atoms with Crippen molar-refractivity contribution in [3.63, 3.8) is 0 Å². The maximum Gasteiger partial charge on any atom is 0.330 e. The van der Waals surface area contributed by atoms with E-state index in [1.54, 1.807) is 31.2 Å². The zero-order valence-electron chi connectivity index (χ0n) is 24.1. The minimum Gasteiger partial charge on any atom is -0.463 e. The van der Waals surface area contributed by atoms with Gasteiger partial charge in [0.05, 0.1) is 36.6 Å². The van der Waals surface area contributed by atoms with E-state index < -0.39 is 9.84 Å².